The van der Waals surface area contributed by atoms with Gasteiger partial charge in [0.25, 0.3) is 0 Å². The molecule has 1 saturated carbocycles. The average Bonchev–Trinajstić information content (AvgIpc) is 0.764. The SMILES string of the molecule is CCCCCC/C=C\CCCCCCCCCC(=O)OC(COC(=O)CCCCCCCCCCCCCCCCC)COP(=O)(O)OC1C(OC2OC(CO)C(O)C(O)C2O)C(O)C(O)C(O)C1OC1OC(COC(=O)CCCCCCCCCCCCCC)C(O)C(O)C1O. The van der Waals surface area contributed by atoms with Crippen molar-refractivity contribution in [2.24, 2.45) is 0 Å². The molecule has 0 aromatic rings. The molecule has 570 valence electrons. The third-order valence-electron chi connectivity index (χ3n) is 18.8. The highest BCUT2D eigenvalue weighted by molar-refractivity contribution is 7.47. The van der Waals surface area contributed by atoms with Gasteiger partial charge in [0.1, 0.15) is 98.7 Å². The second-order valence-electron chi connectivity index (χ2n) is 27.4. The maximum atomic E-state index is 14.3. The topological polar surface area (TPSA) is 374 Å². The Hall–Kier alpha value is -2.30. The quantitative estimate of drug-likeness (QED) is 0.00886. The van der Waals surface area contributed by atoms with E-state index >= 15 is 0 Å². The van der Waals surface area contributed by atoms with Crippen molar-refractivity contribution < 1.29 is 117 Å². The first-order valence-electron chi connectivity index (χ1n) is 38.0. The number of aliphatic hydroxyl groups is 10. The molecule has 11 N–H and O–H groups in total. The maximum absolute atomic E-state index is 14.3. The van der Waals surface area contributed by atoms with Crippen molar-refractivity contribution in [3.8, 4) is 0 Å². The number of hydrogen-bond donors (Lipinski definition) is 11. The van der Waals surface area contributed by atoms with Crippen LogP contribution in [0.2, 0.25) is 0 Å². The summed E-state index contributed by atoms with van der Waals surface area (Å²) in [5.74, 6) is -1.98. The Morgan fingerprint density at radius 3 is 1.12 bits per heavy atom. The van der Waals surface area contributed by atoms with Gasteiger partial charge in [0.05, 0.1) is 13.2 Å². The minimum Gasteiger partial charge on any atom is -0.463 e. The number of carbonyl (C=O) groups excluding carboxylic acids is 3. The van der Waals surface area contributed by atoms with E-state index in [0.29, 0.717) is 19.3 Å². The third-order valence-corrected chi connectivity index (χ3v) is 19.8. The van der Waals surface area contributed by atoms with Gasteiger partial charge in [-0.2, -0.15) is 0 Å². The maximum Gasteiger partial charge on any atom is 0.472 e. The molecule has 0 aromatic heterocycles. The highest BCUT2D eigenvalue weighted by atomic mass is 31.2. The monoisotopic (exact) mass is 1410 g/mol. The van der Waals surface area contributed by atoms with Crippen LogP contribution in [0.5, 0.6) is 0 Å². The molecule has 3 rings (SSSR count). The largest absolute Gasteiger partial charge is 0.472 e. The van der Waals surface area contributed by atoms with Crippen LogP contribution in [0.3, 0.4) is 0 Å². The number of aliphatic hydroxyl groups excluding tert-OH is 10. The Balaban J connectivity index is 1.74. The molecule has 0 aromatic carbocycles. The number of hydrogen-bond acceptors (Lipinski definition) is 23. The van der Waals surface area contributed by atoms with E-state index in [1.807, 2.05) is 0 Å². The molecule has 18 atom stereocenters. The van der Waals surface area contributed by atoms with Crippen molar-refractivity contribution in [1.82, 2.24) is 0 Å². The molecule has 18 unspecified atom stereocenters. The van der Waals surface area contributed by atoms with E-state index in [9.17, 15) is 74.9 Å². The van der Waals surface area contributed by atoms with Crippen molar-refractivity contribution in [3.05, 3.63) is 12.2 Å². The van der Waals surface area contributed by atoms with Crippen LogP contribution >= 0.6 is 7.82 Å². The second kappa shape index (κ2) is 54.4. The van der Waals surface area contributed by atoms with Gasteiger partial charge in [-0.05, 0) is 44.9 Å². The lowest BCUT2D eigenvalue weighted by Gasteiger charge is -2.49. The minimum atomic E-state index is -5.69. The van der Waals surface area contributed by atoms with Crippen LogP contribution in [-0.4, -0.2) is 204 Å². The molecule has 2 saturated heterocycles. The number of carbonyl (C=O) groups is 3. The van der Waals surface area contributed by atoms with Gasteiger partial charge in [-0.1, -0.05) is 245 Å². The number of unbranched alkanes of at least 4 members (excludes halogenated alkanes) is 36. The molecular weight excluding hydrogens is 1280 g/mol. The molecule has 2 heterocycles. The Morgan fingerprint density at radius 2 is 0.722 bits per heavy atom. The highest BCUT2D eigenvalue weighted by Gasteiger charge is 2.58. The van der Waals surface area contributed by atoms with Crippen molar-refractivity contribution in [2.45, 2.75) is 401 Å². The number of phosphoric acid groups is 1. The summed E-state index contributed by atoms with van der Waals surface area (Å²) < 4.78 is 65.0. The smallest absolute Gasteiger partial charge is 0.463 e. The molecule has 0 spiro atoms. The zero-order valence-electron chi connectivity index (χ0n) is 59.4. The van der Waals surface area contributed by atoms with Gasteiger partial charge in [0.2, 0.25) is 0 Å². The molecule has 3 fully saturated rings. The van der Waals surface area contributed by atoms with Gasteiger partial charge < -0.3 is 89.1 Å². The van der Waals surface area contributed by atoms with E-state index in [2.05, 4.69) is 32.9 Å². The number of esters is 3. The van der Waals surface area contributed by atoms with Crippen molar-refractivity contribution in [2.75, 3.05) is 26.4 Å². The van der Waals surface area contributed by atoms with Crippen LogP contribution in [0.1, 0.15) is 297 Å². The van der Waals surface area contributed by atoms with E-state index < -0.39 is 156 Å². The first-order valence-corrected chi connectivity index (χ1v) is 39.5. The Bertz CT molecular complexity index is 2060. The molecule has 0 bridgehead atoms. The summed E-state index contributed by atoms with van der Waals surface area (Å²) in [5, 5.41) is 110. The predicted octanol–water partition coefficient (Wildman–Crippen LogP) is 10.4. The van der Waals surface area contributed by atoms with Gasteiger partial charge in [-0.25, -0.2) is 4.57 Å². The first kappa shape index (κ1) is 88.9. The second-order valence-corrected chi connectivity index (χ2v) is 28.8. The zero-order valence-corrected chi connectivity index (χ0v) is 60.3. The van der Waals surface area contributed by atoms with Gasteiger partial charge in [0, 0.05) is 19.3 Å². The summed E-state index contributed by atoms with van der Waals surface area (Å²) in [6.45, 7) is 3.44. The number of phosphoric ester groups is 1. The lowest BCUT2D eigenvalue weighted by atomic mass is 9.84. The molecule has 0 radical (unpaired) electrons. The van der Waals surface area contributed by atoms with Gasteiger partial charge in [0.15, 0.2) is 18.7 Å². The molecule has 1 aliphatic carbocycles. The predicted molar refractivity (Wildman–Crippen MR) is 365 cm³/mol. The summed E-state index contributed by atoms with van der Waals surface area (Å²) in [5.41, 5.74) is 0. The van der Waals surface area contributed by atoms with Crippen LogP contribution in [0.15, 0.2) is 12.2 Å². The number of rotatable bonds is 59. The molecule has 97 heavy (non-hydrogen) atoms. The lowest BCUT2D eigenvalue weighted by molar-refractivity contribution is -0.360. The standard InChI is InChI=1S/C72H133O24P/c1-4-7-10-13-16-19-22-25-27-29-32-35-37-40-43-46-56(74)88-50-53(91-58(76)48-45-42-39-36-33-30-28-26-23-20-17-14-11-8-5-2)51-90-97(86,87)96-70-68(94-71-66(84)61(79)59(77)54(49-73)92-71)64(82)63(81)65(83)69(70)95-72-67(85)62(80)60(78)55(93-72)52-89-57(75)47-44-41-38-34-31-24-21-18-15-12-9-6-3/h20,23,53-55,59-73,77-85H,4-19,21-22,24-52H2,1-3H3,(H,86,87)/b23-20-. The van der Waals surface area contributed by atoms with Crippen LogP contribution in [0.25, 0.3) is 0 Å². The summed E-state index contributed by atoms with van der Waals surface area (Å²) in [6, 6.07) is 0. The van der Waals surface area contributed by atoms with E-state index in [0.717, 1.165) is 109 Å². The Morgan fingerprint density at radius 1 is 0.392 bits per heavy atom. The summed E-state index contributed by atoms with van der Waals surface area (Å²) in [7, 11) is -5.69. The Kier molecular flexibility index (Phi) is 49.8. The molecular formula is C72H133O24P. The summed E-state index contributed by atoms with van der Waals surface area (Å²) >= 11 is 0. The molecule has 2 aliphatic heterocycles. The normalized spacial score (nSPS) is 27.8. The van der Waals surface area contributed by atoms with Crippen molar-refractivity contribution >= 4 is 25.7 Å². The highest BCUT2D eigenvalue weighted by Crippen LogP contribution is 2.49. The lowest BCUT2D eigenvalue weighted by Crippen LogP contribution is -2.69. The van der Waals surface area contributed by atoms with Crippen LogP contribution in [-0.2, 0) is 61.2 Å². The van der Waals surface area contributed by atoms with Crippen molar-refractivity contribution in [1.29, 1.82) is 0 Å². The molecule has 3 aliphatic rings. The van der Waals surface area contributed by atoms with Gasteiger partial charge >= 0.3 is 25.7 Å². The molecule has 0 amide bonds. The van der Waals surface area contributed by atoms with Crippen LogP contribution in [0, 0.1) is 0 Å². The minimum absolute atomic E-state index is 0.0319. The summed E-state index contributed by atoms with van der Waals surface area (Å²) in [4.78, 5) is 51.0. The van der Waals surface area contributed by atoms with E-state index in [4.69, 9.17) is 42.2 Å². The first-order chi connectivity index (χ1) is 46.8. The third kappa shape index (κ3) is 37.6. The van der Waals surface area contributed by atoms with E-state index in [-0.39, 0.29) is 19.3 Å². The Labute approximate surface area is 580 Å². The zero-order chi connectivity index (χ0) is 71.1. The van der Waals surface area contributed by atoms with Gasteiger partial charge in [-0.15, -0.1) is 0 Å². The fraction of sp³-hybridized carbons (Fsp3) is 0.931. The van der Waals surface area contributed by atoms with E-state index in [1.165, 1.54) is 128 Å². The number of ether oxygens (including phenoxy) is 7. The van der Waals surface area contributed by atoms with Crippen molar-refractivity contribution in [3.63, 3.8) is 0 Å². The average molecular weight is 1410 g/mol. The summed E-state index contributed by atoms with van der Waals surface area (Å²) in [6.07, 6.45) is 12.8. The fourth-order valence-corrected chi connectivity index (χ4v) is 13.5. The fourth-order valence-electron chi connectivity index (χ4n) is 12.6. The number of allylic oxidation sites excluding steroid dienone is 2. The van der Waals surface area contributed by atoms with Gasteiger partial charge in [-0.3, -0.25) is 23.4 Å². The molecule has 25 heteroatoms. The van der Waals surface area contributed by atoms with E-state index in [1.54, 1.807) is 0 Å². The van der Waals surface area contributed by atoms with Crippen LogP contribution < -0.4 is 0 Å². The molecule has 24 nitrogen and oxygen atoms in total. The van der Waals surface area contributed by atoms with Crippen LogP contribution in [0.4, 0.5) is 0 Å².